The smallest absolute Gasteiger partial charge is 0.475 e. The third kappa shape index (κ3) is 6.83. The molecule has 3 N–H and O–H groups in total. The summed E-state index contributed by atoms with van der Waals surface area (Å²) in [6, 6.07) is 0. The fraction of sp³-hybridized carbons (Fsp3) is 0.917. The Morgan fingerprint density at radius 3 is 1.44 bits per heavy atom. The molecular weight excluding hydrogens is 247 g/mol. The second kappa shape index (κ2) is 8.34. The highest BCUT2D eigenvalue weighted by molar-refractivity contribution is 5.73. The van der Waals surface area contributed by atoms with Crippen LogP contribution in [0.1, 0.15) is 53.4 Å². The summed E-state index contributed by atoms with van der Waals surface area (Å²) in [5, 5.41) is 7.12. The van der Waals surface area contributed by atoms with Crippen LogP contribution in [0.3, 0.4) is 0 Å². The summed E-state index contributed by atoms with van der Waals surface area (Å²) >= 11 is 0. The fourth-order valence-electron chi connectivity index (χ4n) is 1.93. The van der Waals surface area contributed by atoms with Crippen LogP contribution in [0.25, 0.3) is 0 Å². The van der Waals surface area contributed by atoms with Crippen molar-refractivity contribution in [3.8, 4) is 0 Å². The molecule has 0 unspecified atom stereocenters. The van der Waals surface area contributed by atoms with E-state index < -0.39 is 12.1 Å². The first-order valence-corrected chi connectivity index (χ1v) is 6.17. The molecule has 0 saturated carbocycles. The van der Waals surface area contributed by atoms with Crippen molar-refractivity contribution in [2.24, 2.45) is 11.7 Å². The van der Waals surface area contributed by atoms with Crippen LogP contribution in [0, 0.1) is 5.92 Å². The van der Waals surface area contributed by atoms with Crippen molar-refractivity contribution >= 4 is 5.97 Å². The minimum Gasteiger partial charge on any atom is -0.475 e. The van der Waals surface area contributed by atoms with E-state index in [1.54, 1.807) is 0 Å². The molecule has 110 valence electrons. The third-order valence-corrected chi connectivity index (χ3v) is 3.36. The van der Waals surface area contributed by atoms with Gasteiger partial charge in [-0.05, 0) is 18.8 Å². The summed E-state index contributed by atoms with van der Waals surface area (Å²) in [6.07, 6.45) is -0.435. The van der Waals surface area contributed by atoms with Crippen molar-refractivity contribution in [2.75, 3.05) is 0 Å². The van der Waals surface area contributed by atoms with E-state index in [1.165, 1.54) is 12.8 Å². The molecule has 0 aromatic heterocycles. The number of aliphatic carboxylic acids is 1. The molecule has 0 spiro atoms. The zero-order chi connectivity index (χ0) is 15.0. The van der Waals surface area contributed by atoms with Gasteiger partial charge < -0.3 is 10.8 Å². The Morgan fingerprint density at radius 1 is 1.11 bits per heavy atom. The molecule has 0 aliphatic carbocycles. The molecule has 0 saturated heterocycles. The topological polar surface area (TPSA) is 63.3 Å². The molecule has 0 rings (SSSR count). The number of halogens is 3. The molecule has 0 aromatic rings. The molecule has 0 amide bonds. The Balaban J connectivity index is 0. The van der Waals surface area contributed by atoms with Crippen molar-refractivity contribution in [3.05, 3.63) is 0 Å². The third-order valence-electron chi connectivity index (χ3n) is 3.36. The lowest BCUT2D eigenvalue weighted by molar-refractivity contribution is -0.192. The van der Waals surface area contributed by atoms with E-state index >= 15 is 0 Å². The van der Waals surface area contributed by atoms with Gasteiger partial charge >= 0.3 is 12.1 Å². The van der Waals surface area contributed by atoms with Crippen LogP contribution < -0.4 is 5.73 Å². The summed E-state index contributed by atoms with van der Waals surface area (Å²) in [7, 11) is 0. The van der Waals surface area contributed by atoms with E-state index in [9.17, 15) is 13.2 Å². The summed E-state index contributed by atoms with van der Waals surface area (Å²) in [5.41, 5.74) is 6.36. The Labute approximate surface area is 107 Å². The van der Waals surface area contributed by atoms with Crippen LogP contribution in [0.2, 0.25) is 0 Å². The maximum absolute atomic E-state index is 10.6. The van der Waals surface area contributed by atoms with Gasteiger partial charge in [0.05, 0.1) is 0 Å². The number of rotatable bonds is 5. The van der Waals surface area contributed by atoms with Crippen molar-refractivity contribution < 1.29 is 23.1 Å². The quantitative estimate of drug-likeness (QED) is 0.803. The zero-order valence-electron chi connectivity index (χ0n) is 11.5. The molecule has 0 fully saturated rings. The van der Waals surface area contributed by atoms with Gasteiger partial charge in [0.2, 0.25) is 0 Å². The van der Waals surface area contributed by atoms with Crippen molar-refractivity contribution in [3.63, 3.8) is 0 Å². The van der Waals surface area contributed by atoms with Gasteiger partial charge in [-0.1, -0.05) is 40.5 Å². The van der Waals surface area contributed by atoms with Gasteiger partial charge in [0, 0.05) is 5.54 Å². The molecular formula is C12H24F3NO2. The molecule has 6 heteroatoms. The Morgan fingerprint density at radius 2 is 1.39 bits per heavy atom. The van der Waals surface area contributed by atoms with Gasteiger partial charge in [0.15, 0.2) is 0 Å². The number of carboxylic acids is 1. The van der Waals surface area contributed by atoms with Crippen LogP contribution in [0.4, 0.5) is 13.2 Å². The SMILES string of the molecule is CCC(CC)C(N)(CC)CC.O=C(O)C(F)(F)F. The van der Waals surface area contributed by atoms with Crippen molar-refractivity contribution in [1.29, 1.82) is 0 Å². The van der Waals surface area contributed by atoms with Crippen LogP contribution in [-0.2, 0) is 4.79 Å². The average Bonchev–Trinajstić information content (AvgIpc) is 2.29. The minimum atomic E-state index is -5.08. The molecule has 0 aromatic carbocycles. The predicted octanol–water partition coefficient (Wildman–Crippen LogP) is 3.57. The maximum Gasteiger partial charge on any atom is 0.490 e. The minimum absolute atomic E-state index is 0.101. The number of alkyl halides is 3. The number of carboxylic acid groups (broad SMARTS) is 1. The van der Waals surface area contributed by atoms with E-state index in [-0.39, 0.29) is 5.54 Å². The van der Waals surface area contributed by atoms with E-state index in [0.717, 1.165) is 12.8 Å². The predicted molar refractivity (Wildman–Crippen MR) is 65.3 cm³/mol. The average molecular weight is 271 g/mol. The Hall–Kier alpha value is -0.780. The van der Waals surface area contributed by atoms with Crippen molar-refractivity contribution in [1.82, 2.24) is 0 Å². The van der Waals surface area contributed by atoms with Crippen LogP contribution in [-0.4, -0.2) is 22.8 Å². The van der Waals surface area contributed by atoms with Gasteiger partial charge in [-0.3, -0.25) is 0 Å². The molecule has 0 aliphatic heterocycles. The van der Waals surface area contributed by atoms with Gasteiger partial charge in [-0.15, -0.1) is 0 Å². The zero-order valence-corrected chi connectivity index (χ0v) is 11.5. The largest absolute Gasteiger partial charge is 0.490 e. The number of nitrogens with two attached hydrogens (primary N) is 1. The Kier molecular flexibility index (Phi) is 9.07. The Bertz CT molecular complexity index is 234. The first-order chi connectivity index (χ1) is 8.08. The highest BCUT2D eigenvalue weighted by Gasteiger charge is 2.38. The summed E-state index contributed by atoms with van der Waals surface area (Å²) < 4.78 is 31.7. The highest BCUT2D eigenvalue weighted by Crippen LogP contribution is 2.27. The molecule has 0 bridgehead atoms. The summed E-state index contributed by atoms with van der Waals surface area (Å²) in [4.78, 5) is 8.90. The van der Waals surface area contributed by atoms with Crippen LogP contribution in [0.5, 0.6) is 0 Å². The number of carbonyl (C=O) groups is 1. The molecule has 0 atom stereocenters. The van der Waals surface area contributed by atoms with Crippen molar-refractivity contribution in [2.45, 2.75) is 65.1 Å². The first kappa shape index (κ1) is 19.6. The lowest BCUT2D eigenvalue weighted by Gasteiger charge is -2.35. The van der Waals surface area contributed by atoms with Crippen LogP contribution in [0.15, 0.2) is 0 Å². The maximum atomic E-state index is 10.6. The first-order valence-electron chi connectivity index (χ1n) is 6.17. The second-order valence-electron chi connectivity index (χ2n) is 4.26. The molecule has 0 aliphatic rings. The van der Waals surface area contributed by atoms with E-state index in [4.69, 9.17) is 15.6 Å². The van der Waals surface area contributed by atoms with E-state index in [2.05, 4.69) is 27.7 Å². The lowest BCUT2D eigenvalue weighted by Crippen LogP contribution is -2.45. The number of hydrogen-bond acceptors (Lipinski definition) is 2. The monoisotopic (exact) mass is 271 g/mol. The normalized spacial score (nSPS) is 12.1. The summed E-state index contributed by atoms with van der Waals surface area (Å²) in [6.45, 7) is 8.87. The second-order valence-corrected chi connectivity index (χ2v) is 4.26. The van der Waals surface area contributed by atoms with E-state index in [0.29, 0.717) is 5.92 Å². The molecule has 0 radical (unpaired) electrons. The van der Waals surface area contributed by atoms with Gasteiger partial charge in [0.25, 0.3) is 0 Å². The van der Waals surface area contributed by atoms with Gasteiger partial charge in [-0.25, -0.2) is 4.79 Å². The lowest BCUT2D eigenvalue weighted by atomic mass is 9.77. The molecule has 0 heterocycles. The van der Waals surface area contributed by atoms with Gasteiger partial charge in [0.1, 0.15) is 0 Å². The van der Waals surface area contributed by atoms with E-state index in [1.807, 2.05) is 0 Å². The highest BCUT2D eigenvalue weighted by atomic mass is 19.4. The standard InChI is InChI=1S/C10H23N.C2HF3O2/c1-5-9(6-2)10(11,7-3)8-4;3-2(4,5)1(6)7/h9H,5-8,11H2,1-4H3;(H,6,7). The molecule has 18 heavy (non-hydrogen) atoms. The summed E-state index contributed by atoms with van der Waals surface area (Å²) in [5.74, 6) is -2.05. The van der Waals surface area contributed by atoms with Crippen LogP contribution >= 0.6 is 0 Å². The molecule has 3 nitrogen and oxygen atoms in total. The number of hydrogen-bond donors (Lipinski definition) is 2. The van der Waals surface area contributed by atoms with Gasteiger partial charge in [-0.2, -0.15) is 13.2 Å². The fourth-order valence-corrected chi connectivity index (χ4v) is 1.93.